The van der Waals surface area contributed by atoms with Crippen LogP contribution in [0.4, 0.5) is 0 Å². The predicted molar refractivity (Wildman–Crippen MR) is 132 cm³/mol. The van der Waals surface area contributed by atoms with Crippen LogP contribution in [-0.4, -0.2) is 12.2 Å². The number of hydrogen-bond acceptors (Lipinski definition) is 2. The molecule has 0 aromatic heterocycles. The monoisotopic (exact) mass is 406 g/mol. The molecule has 0 atom stereocenters. The van der Waals surface area contributed by atoms with E-state index in [2.05, 4.69) is 63.8 Å². The molecule has 0 spiro atoms. The summed E-state index contributed by atoms with van der Waals surface area (Å²) in [7, 11) is 1.74. The maximum Gasteiger partial charge on any atom is 0.119 e. The topological polar surface area (TPSA) is 29.5 Å². The summed E-state index contributed by atoms with van der Waals surface area (Å²) in [5.41, 5.74) is 7.14. The Kier molecular flexibility index (Phi) is 12.0. The summed E-state index contributed by atoms with van der Waals surface area (Å²) in [6.07, 6.45) is 19.6. The fourth-order valence-corrected chi connectivity index (χ4v) is 3.57. The van der Waals surface area contributed by atoms with E-state index < -0.39 is 0 Å². The Morgan fingerprint density at radius 2 is 1.83 bits per heavy atom. The molecule has 1 N–H and O–H groups in total. The van der Waals surface area contributed by atoms with Gasteiger partial charge in [-0.3, -0.25) is 0 Å². The lowest BCUT2D eigenvalue weighted by molar-refractivity contribution is 0.414. The Morgan fingerprint density at radius 3 is 2.43 bits per heavy atom. The first-order valence-electron chi connectivity index (χ1n) is 10.9. The van der Waals surface area contributed by atoms with Gasteiger partial charge in [0.05, 0.1) is 7.11 Å². The molecule has 0 unspecified atom stereocenters. The van der Waals surface area contributed by atoms with Gasteiger partial charge in [0.1, 0.15) is 11.5 Å². The van der Waals surface area contributed by atoms with Crippen molar-refractivity contribution in [2.24, 2.45) is 0 Å². The number of fused-ring (bicyclic) bond motifs is 1. The van der Waals surface area contributed by atoms with Crippen LogP contribution in [0.2, 0.25) is 0 Å². The van der Waals surface area contributed by atoms with E-state index in [-0.39, 0.29) is 5.76 Å². The van der Waals surface area contributed by atoms with Gasteiger partial charge in [-0.25, -0.2) is 0 Å². The van der Waals surface area contributed by atoms with Crippen molar-refractivity contribution in [1.82, 2.24) is 0 Å². The van der Waals surface area contributed by atoms with Gasteiger partial charge >= 0.3 is 0 Å². The minimum absolute atomic E-state index is 0.0862. The molecular weight excluding hydrogens is 368 g/mol. The quantitative estimate of drug-likeness (QED) is 0.380. The third kappa shape index (κ3) is 8.32. The summed E-state index contributed by atoms with van der Waals surface area (Å²) in [6.45, 7) is 11.8. The first-order valence-corrected chi connectivity index (χ1v) is 10.9. The zero-order valence-corrected chi connectivity index (χ0v) is 19.4. The average molecular weight is 407 g/mol. The average Bonchev–Trinajstić information content (AvgIpc) is 2.72. The maximum atomic E-state index is 8.46. The Balaban J connectivity index is 0.000000479. The van der Waals surface area contributed by atoms with E-state index in [0.29, 0.717) is 0 Å². The first kappa shape index (κ1) is 25.3. The Hall–Kier alpha value is -2.74. The van der Waals surface area contributed by atoms with E-state index in [0.717, 1.165) is 18.6 Å². The molecule has 2 rings (SSSR count). The predicted octanol–water partition coefficient (Wildman–Crippen LogP) is 8.30. The van der Waals surface area contributed by atoms with E-state index in [4.69, 9.17) is 9.84 Å². The van der Waals surface area contributed by atoms with Gasteiger partial charge in [0.2, 0.25) is 0 Å². The van der Waals surface area contributed by atoms with Crippen molar-refractivity contribution in [1.29, 1.82) is 0 Å². The number of allylic oxidation sites excluding steroid dienone is 10. The van der Waals surface area contributed by atoms with Gasteiger partial charge in [0, 0.05) is 0 Å². The Morgan fingerprint density at radius 1 is 1.10 bits per heavy atom. The molecule has 162 valence electrons. The van der Waals surface area contributed by atoms with E-state index >= 15 is 0 Å². The highest BCUT2D eigenvalue weighted by atomic mass is 16.5. The number of hydrogen-bond donors (Lipinski definition) is 1. The second-order valence-electron chi connectivity index (χ2n) is 7.28. The molecule has 1 aliphatic rings. The molecule has 0 radical (unpaired) electrons. The maximum absolute atomic E-state index is 8.46. The second kappa shape index (κ2) is 14.3. The van der Waals surface area contributed by atoms with Gasteiger partial charge in [-0.05, 0) is 98.9 Å². The van der Waals surface area contributed by atoms with E-state index in [9.17, 15) is 0 Å². The zero-order chi connectivity index (χ0) is 22.4. The molecule has 0 fully saturated rings. The van der Waals surface area contributed by atoms with Gasteiger partial charge in [0.25, 0.3) is 0 Å². The summed E-state index contributed by atoms with van der Waals surface area (Å²) in [6, 6.07) is 6.52. The summed E-state index contributed by atoms with van der Waals surface area (Å²) in [5.74, 6) is 1.05. The van der Waals surface area contributed by atoms with Crippen molar-refractivity contribution < 1.29 is 9.84 Å². The number of aliphatic hydroxyl groups excluding tert-OH is 1. The fourth-order valence-electron chi connectivity index (χ4n) is 3.57. The third-order valence-corrected chi connectivity index (χ3v) is 5.00. The smallest absolute Gasteiger partial charge is 0.119 e. The summed E-state index contributed by atoms with van der Waals surface area (Å²) < 4.78 is 5.40. The van der Waals surface area contributed by atoms with Crippen LogP contribution in [0.5, 0.6) is 5.75 Å². The van der Waals surface area contributed by atoms with Gasteiger partial charge in [-0.2, -0.15) is 0 Å². The summed E-state index contributed by atoms with van der Waals surface area (Å²) in [4.78, 5) is 0. The molecule has 0 bridgehead atoms. The van der Waals surface area contributed by atoms with Crippen molar-refractivity contribution in [2.45, 2.75) is 59.8 Å². The van der Waals surface area contributed by atoms with Crippen LogP contribution < -0.4 is 4.74 Å². The normalized spacial score (nSPS) is 17.4. The molecule has 0 saturated heterocycles. The van der Waals surface area contributed by atoms with Gasteiger partial charge in [-0.1, -0.05) is 56.0 Å². The molecular formula is C28H38O2. The minimum Gasteiger partial charge on any atom is -0.509 e. The molecule has 2 nitrogen and oxygen atoms in total. The lowest BCUT2D eigenvalue weighted by Crippen LogP contribution is -2.02. The fraction of sp³-hybridized carbons (Fsp3) is 0.357. The van der Waals surface area contributed by atoms with Crippen molar-refractivity contribution in [3.05, 3.63) is 95.3 Å². The van der Waals surface area contributed by atoms with Crippen LogP contribution >= 0.6 is 0 Å². The lowest BCUT2D eigenvalue weighted by atomic mass is 9.85. The molecule has 0 amide bonds. The molecule has 1 aliphatic carbocycles. The van der Waals surface area contributed by atoms with Crippen LogP contribution in [-0.2, 0) is 6.42 Å². The van der Waals surface area contributed by atoms with Crippen LogP contribution in [0.15, 0.2) is 84.2 Å². The standard InChI is InChI=1S/C21H28O.C7H10O/c1-5-9-17(10-6-2)20-12-8-7-11-18-15-19(22-4)13-14-21(18)16(20)3;1-3-4-5-6-7(2)8/h5,9-10,13-15H,6-8,11-12H2,1-4H3;3-6,8H,2H2,1H3/b9-5-,17-10+,20-16+;4-3-,6-5-. The first-order chi connectivity index (χ1) is 14.5. The number of ether oxygens (including phenoxy) is 1. The number of rotatable bonds is 6. The van der Waals surface area contributed by atoms with Crippen molar-refractivity contribution in [3.8, 4) is 5.75 Å². The molecule has 30 heavy (non-hydrogen) atoms. The highest BCUT2D eigenvalue weighted by Crippen LogP contribution is 2.34. The molecule has 0 aliphatic heterocycles. The van der Waals surface area contributed by atoms with Crippen LogP contribution in [0.25, 0.3) is 5.57 Å². The highest BCUT2D eigenvalue weighted by Gasteiger charge is 2.15. The van der Waals surface area contributed by atoms with Crippen molar-refractivity contribution in [3.63, 3.8) is 0 Å². The number of aryl methyl sites for hydroxylation is 1. The Bertz CT molecular complexity index is 832. The van der Waals surface area contributed by atoms with E-state index in [1.165, 1.54) is 53.2 Å². The minimum atomic E-state index is 0.0862. The van der Waals surface area contributed by atoms with Gasteiger partial charge in [-0.15, -0.1) is 0 Å². The van der Waals surface area contributed by atoms with Crippen molar-refractivity contribution in [2.75, 3.05) is 7.11 Å². The van der Waals surface area contributed by atoms with E-state index in [1.807, 2.05) is 19.1 Å². The molecule has 2 heteroatoms. The third-order valence-electron chi connectivity index (χ3n) is 5.00. The summed E-state index contributed by atoms with van der Waals surface area (Å²) >= 11 is 0. The van der Waals surface area contributed by atoms with Crippen LogP contribution in [0.3, 0.4) is 0 Å². The molecule has 1 aromatic carbocycles. The number of aliphatic hydroxyl groups is 1. The van der Waals surface area contributed by atoms with Crippen molar-refractivity contribution >= 4 is 5.57 Å². The number of methoxy groups -OCH3 is 1. The van der Waals surface area contributed by atoms with Crippen LogP contribution in [0.1, 0.15) is 64.5 Å². The van der Waals surface area contributed by atoms with Gasteiger partial charge < -0.3 is 9.84 Å². The number of benzene rings is 1. The largest absolute Gasteiger partial charge is 0.509 e. The summed E-state index contributed by atoms with van der Waals surface area (Å²) in [5, 5.41) is 8.46. The van der Waals surface area contributed by atoms with E-state index in [1.54, 1.807) is 13.2 Å². The van der Waals surface area contributed by atoms with Crippen LogP contribution in [0, 0.1) is 0 Å². The second-order valence-corrected chi connectivity index (χ2v) is 7.28. The SMILES string of the molecule is C=C(O)/C=C\C=C/C.C\C=C/C(=C\CC)C1=C(\C)c2ccc(OC)cc2CCCC\1. The van der Waals surface area contributed by atoms with Gasteiger partial charge in [0.15, 0.2) is 0 Å². The highest BCUT2D eigenvalue weighted by molar-refractivity contribution is 5.75. The molecule has 0 heterocycles. The Labute approximate surface area is 183 Å². The molecule has 0 saturated carbocycles. The molecule has 1 aromatic rings. The lowest BCUT2D eigenvalue weighted by Gasteiger charge is -2.21. The zero-order valence-electron chi connectivity index (χ0n) is 19.4.